The quantitative estimate of drug-likeness (QED) is 0.747. The number of aliphatic hydroxyl groups excluding tert-OH is 1. The SMILES string of the molecule is Cc1cn([C@H]2C[C@@H](C)[C@@H](CO)O2)c(=O)[nH]c1=O. The van der Waals surface area contributed by atoms with Gasteiger partial charge < -0.3 is 9.84 Å². The molecule has 0 amide bonds. The zero-order valence-corrected chi connectivity index (χ0v) is 9.84. The first-order valence-electron chi connectivity index (χ1n) is 5.61. The van der Waals surface area contributed by atoms with Gasteiger partial charge in [0, 0.05) is 11.8 Å². The Labute approximate surface area is 97.9 Å². The van der Waals surface area contributed by atoms with Gasteiger partial charge in [-0.25, -0.2) is 4.79 Å². The van der Waals surface area contributed by atoms with Crippen LogP contribution in [0.2, 0.25) is 0 Å². The standard InChI is InChI=1S/C11H16N2O4/c1-6-3-9(17-8(6)5-14)13-4-7(2)10(15)12-11(13)16/h4,6,8-9,14H,3,5H2,1-2H3,(H,12,15,16)/t6-,8-,9-/m1/s1. The van der Waals surface area contributed by atoms with Crippen LogP contribution in [0.4, 0.5) is 0 Å². The molecule has 6 heteroatoms. The van der Waals surface area contributed by atoms with Crippen molar-refractivity contribution in [1.29, 1.82) is 0 Å². The van der Waals surface area contributed by atoms with Crippen LogP contribution >= 0.6 is 0 Å². The molecule has 0 radical (unpaired) electrons. The van der Waals surface area contributed by atoms with Crippen LogP contribution in [0.1, 0.15) is 25.1 Å². The van der Waals surface area contributed by atoms with Crippen molar-refractivity contribution in [2.75, 3.05) is 6.61 Å². The van der Waals surface area contributed by atoms with Crippen molar-refractivity contribution in [3.63, 3.8) is 0 Å². The molecule has 0 bridgehead atoms. The minimum absolute atomic E-state index is 0.0608. The maximum absolute atomic E-state index is 11.6. The highest BCUT2D eigenvalue weighted by atomic mass is 16.5. The number of H-pyrrole nitrogens is 1. The van der Waals surface area contributed by atoms with Gasteiger partial charge in [-0.2, -0.15) is 0 Å². The van der Waals surface area contributed by atoms with E-state index in [1.165, 1.54) is 10.8 Å². The molecule has 0 aliphatic carbocycles. The van der Waals surface area contributed by atoms with Crippen molar-refractivity contribution in [3.8, 4) is 0 Å². The summed E-state index contributed by atoms with van der Waals surface area (Å²) >= 11 is 0. The van der Waals surface area contributed by atoms with E-state index in [1.54, 1.807) is 6.92 Å². The molecule has 6 nitrogen and oxygen atoms in total. The summed E-state index contributed by atoms with van der Waals surface area (Å²) in [5, 5.41) is 9.10. The van der Waals surface area contributed by atoms with E-state index in [9.17, 15) is 9.59 Å². The fourth-order valence-corrected chi connectivity index (χ4v) is 2.06. The van der Waals surface area contributed by atoms with Crippen molar-refractivity contribution in [1.82, 2.24) is 9.55 Å². The number of nitrogens with one attached hydrogen (secondary N) is 1. The van der Waals surface area contributed by atoms with Crippen LogP contribution in [0.5, 0.6) is 0 Å². The van der Waals surface area contributed by atoms with Gasteiger partial charge in [-0.15, -0.1) is 0 Å². The molecule has 0 spiro atoms. The largest absolute Gasteiger partial charge is 0.394 e. The van der Waals surface area contributed by atoms with E-state index < -0.39 is 11.9 Å². The first kappa shape index (κ1) is 12.1. The topological polar surface area (TPSA) is 84.3 Å². The number of aromatic amines is 1. The fraction of sp³-hybridized carbons (Fsp3) is 0.636. The molecule has 2 rings (SSSR count). The van der Waals surface area contributed by atoms with Gasteiger partial charge in [0.15, 0.2) is 0 Å². The summed E-state index contributed by atoms with van der Waals surface area (Å²) in [6.07, 6.45) is 1.49. The second kappa shape index (κ2) is 4.46. The third kappa shape index (κ3) is 2.18. The number of rotatable bonds is 2. The summed E-state index contributed by atoms with van der Waals surface area (Å²) in [7, 11) is 0. The minimum atomic E-state index is -0.476. The zero-order chi connectivity index (χ0) is 12.6. The number of hydrogen-bond donors (Lipinski definition) is 2. The number of aromatic nitrogens is 2. The number of aryl methyl sites for hydroxylation is 1. The molecule has 17 heavy (non-hydrogen) atoms. The lowest BCUT2D eigenvalue weighted by molar-refractivity contribution is -0.0313. The molecule has 2 N–H and O–H groups in total. The van der Waals surface area contributed by atoms with Gasteiger partial charge in [0.05, 0.1) is 12.7 Å². The Bertz CT molecular complexity index is 519. The summed E-state index contributed by atoms with van der Waals surface area (Å²) in [4.78, 5) is 25.1. The van der Waals surface area contributed by atoms with Gasteiger partial charge in [-0.1, -0.05) is 6.92 Å². The molecule has 3 atom stereocenters. The highest BCUT2D eigenvalue weighted by Crippen LogP contribution is 2.31. The predicted molar refractivity (Wildman–Crippen MR) is 60.8 cm³/mol. The maximum atomic E-state index is 11.6. The highest BCUT2D eigenvalue weighted by molar-refractivity contribution is 5.01. The van der Waals surface area contributed by atoms with Gasteiger partial charge in [-0.05, 0) is 19.3 Å². The molecule has 94 valence electrons. The van der Waals surface area contributed by atoms with Crippen LogP contribution < -0.4 is 11.2 Å². The van der Waals surface area contributed by atoms with E-state index in [2.05, 4.69) is 4.98 Å². The molecule has 1 aromatic rings. The lowest BCUT2D eigenvalue weighted by atomic mass is 10.0. The van der Waals surface area contributed by atoms with Crippen molar-refractivity contribution in [2.24, 2.45) is 5.92 Å². The second-order valence-electron chi connectivity index (χ2n) is 4.50. The molecule has 1 fully saturated rings. The van der Waals surface area contributed by atoms with E-state index in [0.717, 1.165) is 0 Å². The summed E-state index contributed by atoms with van der Waals surface area (Å²) in [5.41, 5.74) is -0.388. The van der Waals surface area contributed by atoms with Crippen LogP contribution in [0.3, 0.4) is 0 Å². The van der Waals surface area contributed by atoms with Crippen LogP contribution in [0.25, 0.3) is 0 Å². The second-order valence-corrected chi connectivity index (χ2v) is 4.50. The van der Waals surface area contributed by atoms with E-state index in [0.29, 0.717) is 12.0 Å². The smallest absolute Gasteiger partial charge is 0.330 e. The number of nitrogens with zero attached hydrogens (tertiary/aromatic N) is 1. The average molecular weight is 240 g/mol. The lowest BCUT2D eigenvalue weighted by Crippen LogP contribution is -2.33. The summed E-state index contributed by atoms with van der Waals surface area (Å²) in [6, 6.07) is 0. The predicted octanol–water partition coefficient (Wildman–Crippen LogP) is -0.239. The Kier molecular flexibility index (Phi) is 3.17. The van der Waals surface area contributed by atoms with Gasteiger partial charge >= 0.3 is 5.69 Å². The minimum Gasteiger partial charge on any atom is -0.394 e. The molecule has 1 aliphatic rings. The molecule has 1 saturated heterocycles. The number of hydrogen-bond acceptors (Lipinski definition) is 4. The van der Waals surface area contributed by atoms with E-state index >= 15 is 0 Å². The monoisotopic (exact) mass is 240 g/mol. The summed E-state index contributed by atoms with van der Waals surface area (Å²) in [5.74, 6) is 0.184. The first-order valence-corrected chi connectivity index (χ1v) is 5.61. The Morgan fingerprint density at radius 3 is 2.88 bits per heavy atom. The molecule has 1 aliphatic heterocycles. The Balaban J connectivity index is 2.34. The molecule has 0 aromatic carbocycles. The lowest BCUT2D eigenvalue weighted by Gasteiger charge is -2.14. The van der Waals surface area contributed by atoms with Crippen molar-refractivity contribution in [2.45, 2.75) is 32.6 Å². The third-order valence-electron chi connectivity index (χ3n) is 3.18. The van der Waals surface area contributed by atoms with Gasteiger partial charge in [0.2, 0.25) is 0 Å². The molecule has 0 unspecified atom stereocenters. The average Bonchev–Trinajstić information content (AvgIpc) is 2.65. The fourth-order valence-electron chi connectivity index (χ4n) is 2.06. The van der Waals surface area contributed by atoms with Crippen molar-refractivity contribution >= 4 is 0 Å². The summed E-state index contributed by atoms with van der Waals surface area (Å²) < 4.78 is 6.95. The Hall–Kier alpha value is -1.40. The van der Waals surface area contributed by atoms with Gasteiger partial charge in [0.25, 0.3) is 5.56 Å². The highest BCUT2D eigenvalue weighted by Gasteiger charge is 2.33. The molecule has 1 aromatic heterocycles. The normalized spacial score (nSPS) is 28.5. The van der Waals surface area contributed by atoms with E-state index in [-0.39, 0.29) is 24.2 Å². The third-order valence-corrected chi connectivity index (χ3v) is 3.18. The number of aliphatic hydroxyl groups is 1. The number of ether oxygens (including phenoxy) is 1. The van der Waals surface area contributed by atoms with E-state index in [4.69, 9.17) is 9.84 Å². The Morgan fingerprint density at radius 2 is 2.29 bits per heavy atom. The Morgan fingerprint density at radius 1 is 1.59 bits per heavy atom. The molecule has 2 heterocycles. The molecule has 0 saturated carbocycles. The van der Waals surface area contributed by atoms with Crippen LogP contribution in [-0.4, -0.2) is 27.4 Å². The van der Waals surface area contributed by atoms with Crippen LogP contribution in [0, 0.1) is 12.8 Å². The zero-order valence-electron chi connectivity index (χ0n) is 9.84. The first-order chi connectivity index (χ1) is 8.02. The van der Waals surface area contributed by atoms with Gasteiger partial charge in [0.1, 0.15) is 6.23 Å². The summed E-state index contributed by atoms with van der Waals surface area (Å²) in [6.45, 7) is 3.54. The van der Waals surface area contributed by atoms with Gasteiger partial charge in [-0.3, -0.25) is 14.3 Å². The van der Waals surface area contributed by atoms with Crippen LogP contribution in [-0.2, 0) is 4.74 Å². The van der Waals surface area contributed by atoms with Crippen molar-refractivity contribution in [3.05, 3.63) is 32.6 Å². The molecular formula is C11H16N2O4. The van der Waals surface area contributed by atoms with Crippen molar-refractivity contribution < 1.29 is 9.84 Å². The molecular weight excluding hydrogens is 224 g/mol. The maximum Gasteiger partial charge on any atom is 0.330 e. The van der Waals surface area contributed by atoms with Crippen LogP contribution in [0.15, 0.2) is 15.8 Å². The van der Waals surface area contributed by atoms with E-state index in [1.807, 2.05) is 6.92 Å².